The van der Waals surface area contributed by atoms with Crippen molar-refractivity contribution in [2.75, 3.05) is 23.7 Å². The molecule has 2 aromatic heterocycles. The predicted octanol–water partition coefficient (Wildman–Crippen LogP) is 1.22. The summed E-state index contributed by atoms with van der Waals surface area (Å²) in [7, 11) is 0. The van der Waals surface area contributed by atoms with Crippen LogP contribution in [-0.2, 0) is 6.54 Å². The molecule has 0 radical (unpaired) electrons. The summed E-state index contributed by atoms with van der Waals surface area (Å²) in [6, 6.07) is 3.76. The van der Waals surface area contributed by atoms with Crippen LogP contribution in [0.25, 0.3) is 0 Å². The number of nitrogens with zero attached hydrogens (tertiary/aromatic N) is 4. The van der Waals surface area contributed by atoms with Crippen LogP contribution in [0.1, 0.15) is 6.92 Å². The molecule has 0 saturated carbocycles. The van der Waals surface area contributed by atoms with Crippen LogP contribution >= 0.6 is 0 Å². The van der Waals surface area contributed by atoms with Crippen LogP contribution in [0.2, 0.25) is 0 Å². The van der Waals surface area contributed by atoms with Gasteiger partial charge >= 0.3 is 0 Å². The monoisotopic (exact) mass is 232 g/mol. The minimum atomic E-state index is 0.650. The molecule has 0 saturated heterocycles. The van der Waals surface area contributed by atoms with Crippen molar-refractivity contribution >= 4 is 11.8 Å². The fourth-order valence-corrected chi connectivity index (χ4v) is 1.43. The van der Waals surface area contributed by atoms with E-state index in [4.69, 9.17) is 0 Å². The van der Waals surface area contributed by atoms with E-state index in [1.165, 1.54) is 0 Å². The van der Waals surface area contributed by atoms with E-state index in [2.05, 4.69) is 25.7 Å². The molecule has 2 heterocycles. The normalized spacial score (nSPS) is 10.2. The summed E-state index contributed by atoms with van der Waals surface area (Å²) in [5.74, 6) is 1.47. The second-order valence-corrected chi connectivity index (χ2v) is 3.49. The van der Waals surface area contributed by atoms with E-state index in [-0.39, 0.29) is 0 Å². The fraction of sp³-hybridized carbons (Fsp3) is 0.364. The Morgan fingerprint density at radius 3 is 3.00 bits per heavy atom. The van der Waals surface area contributed by atoms with Gasteiger partial charge in [-0.1, -0.05) is 0 Å². The van der Waals surface area contributed by atoms with Gasteiger partial charge in [-0.25, -0.2) is 4.98 Å². The van der Waals surface area contributed by atoms with Crippen LogP contribution in [0.15, 0.2) is 30.7 Å². The zero-order valence-corrected chi connectivity index (χ0v) is 9.80. The van der Waals surface area contributed by atoms with E-state index in [9.17, 15) is 0 Å². The summed E-state index contributed by atoms with van der Waals surface area (Å²) in [5, 5.41) is 10.4. The third-order valence-corrected chi connectivity index (χ3v) is 2.20. The molecule has 0 aromatic carbocycles. The first-order valence-electron chi connectivity index (χ1n) is 5.66. The first-order chi connectivity index (χ1) is 8.38. The quantitative estimate of drug-likeness (QED) is 0.783. The van der Waals surface area contributed by atoms with Gasteiger partial charge in [0, 0.05) is 31.7 Å². The second-order valence-electron chi connectivity index (χ2n) is 3.49. The van der Waals surface area contributed by atoms with Gasteiger partial charge in [-0.2, -0.15) is 10.1 Å². The molecule has 0 fully saturated rings. The lowest BCUT2D eigenvalue weighted by Gasteiger charge is -2.07. The molecule has 2 rings (SSSR count). The minimum Gasteiger partial charge on any atom is -0.368 e. The molecule has 17 heavy (non-hydrogen) atoms. The molecule has 2 N–H and O–H groups in total. The van der Waals surface area contributed by atoms with Gasteiger partial charge in [0.1, 0.15) is 5.82 Å². The SMILES string of the molecule is CCNc1nccc(NCCn2cccn2)n1. The molecule has 0 amide bonds. The zero-order valence-electron chi connectivity index (χ0n) is 9.80. The van der Waals surface area contributed by atoms with Crippen LogP contribution in [0.3, 0.4) is 0 Å². The van der Waals surface area contributed by atoms with Crippen molar-refractivity contribution < 1.29 is 0 Å². The van der Waals surface area contributed by atoms with E-state index in [1.54, 1.807) is 12.4 Å². The van der Waals surface area contributed by atoms with E-state index >= 15 is 0 Å². The summed E-state index contributed by atoms with van der Waals surface area (Å²) >= 11 is 0. The molecule has 0 bridgehead atoms. The summed E-state index contributed by atoms with van der Waals surface area (Å²) in [4.78, 5) is 8.43. The predicted molar refractivity (Wildman–Crippen MR) is 66.9 cm³/mol. The summed E-state index contributed by atoms with van der Waals surface area (Å²) < 4.78 is 1.87. The number of aromatic nitrogens is 4. The lowest BCUT2D eigenvalue weighted by atomic mass is 10.5. The van der Waals surface area contributed by atoms with Crippen LogP contribution in [-0.4, -0.2) is 32.8 Å². The minimum absolute atomic E-state index is 0.650. The molecule has 0 aliphatic heterocycles. The number of rotatable bonds is 6. The number of nitrogens with one attached hydrogen (secondary N) is 2. The first kappa shape index (κ1) is 11.4. The Morgan fingerprint density at radius 1 is 1.29 bits per heavy atom. The van der Waals surface area contributed by atoms with Crippen molar-refractivity contribution in [3.63, 3.8) is 0 Å². The molecule has 0 atom stereocenters. The maximum absolute atomic E-state index is 4.32. The van der Waals surface area contributed by atoms with Crippen LogP contribution in [0.5, 0.6) is 0 Å². The molecule has 0 spiro atoms. The topological polar surface area (TPSA) is 67.7 Å². The average molecular weight is 232 g/mol. The van der Waals surface area contributed by atoms with Crippen LogP contribution in [0.4, 0.5) is 11.8 Å². The largest absolute Gasteiger partial charge is 0.368 e. The Morgan fingerprint density at radius 2 is 2.24 bits per heavy atom. The Hall–Kier alpha value is -2.11. The number of hydrogen-bond acceptors (Lipinski definition) is 5. The van der Waals surface area contributed by atoms with Crippen molar-refractivity contribution in [2.45, 2.75) is 13.5 Å². The van der Waals surface area contributed by atoms with Gasteiger partial charge in [0.15, 0.2) is 0 Å². The van der Waals surface area contributed by atoms with E-state index in [1.807, 2.05) is 29.9 Å². The lowest BCUT2D eigenvalue weighted by Crippen LogP contribution is -2.12. The summed E-state index contributed by atoms with van der Waals surface area (Å²) in [6.45, 7) is 4.43. The van der Waals surface area contributed by atoms with E-state index in [0.717, 1.165) is 25.5 Å². The maximum atomic E-state index is 4.32. The fourth-order valence-electron chi connectivity index (χ4n) is 1.43. The Balaban J connectivity index is 1.84. The molecule has 2 aromatic rings. The van der Waals surface area contributed by atoms with Crippen molar-refractivity contribution in [3.05, 3.63) is 30.7 Å². The molecule has 0 unspecified atom stereocenters. The molecule has 6 heteroatoms. The standard InChI is InChI=1S/C11H16N6/c1-2-12-11-14-6-4-10(16-11)13-7-9-17-8-3-5-15-17/h3-6,8H,2,7,9H2,1H3,(H2,12,13,14,16). The lowest BCUT2D eigenvalue weighted by molar-refractivity contribution is 0.637. The Kier molecular flexibility index (Phi) is 3.90. The van der Waals surface area contributed by atoms with Crippen molar-refractivity contribution in [2.24, 2.45) is 0 Å². The van der Waals surface area contributed by atoms with Gasteiger partial charge in [0.05, 0.1) is 6.54 Å². The summed E-state index contributed by atoms with van der Waals surface area (Å²) in [5.41, 5.74) is 0. The maximum Gasteiger partial charge on any atom is 0.224 e. The van der Waals surface area contributed by atoms with E-state index in [0.29, 0.717) is 5.95 Å². The average Bonchev–Trinajstić information content (AvgIpc) is 2.83. The van der Waals surface area contributed by atoms with Crippen molar-refractivity contribution in [1.29, 1.82) is 0 Å². The van der Waals surface area contributed by atoms with Crippen molar-refractivity contribution in [1.82, 2.24) is 19.7 Å². The van der Waals surface area contributed by atoms with Gasteiger partial charge in [-0.15, -0.1) is 0 Å². The highest BCUT2D eigenvalue weighted by atomic mass is 15.3. The van der Waals surface area contributed by atoms with Gasteiger partial charge in [-0.05, 0) is 19.1 Å². The molecule has 0 aliphatic carbocycles. The molecular weight excluding hydrogens is 216 g/mol. The Bertz CT molecular complexity index is 439. The third kappa shape index (κ3) is 3.44. The summed E-state index contributed by atoms with van der Waals surface area (Å²) in [6.07, 6.45) is 5.45. The zero-order chi connectivity index (χ0) is 11.9. The molecular formula is C11H16N6. The van der Waals surface area contributed by atoms with Gasteiger partial charge in [0.2, 0.25) is 5.95 Å². The Labute approximate surface area is 100 Å². The highest BCUT2D eigenvalue weighted by Crippen LogP contribution is 2.04. The molecule has 6 nitrogen and oxygen atoms in total. The number of hydrogen-bond donors (Lipinski definition) is 2. The first-order valence-corrected chi connectivity index (χ1v) is 5.66. The van der Waals surface area contributed by atoms with Crippen LogP contribution in [0, 0.1) is 0 Å². The highest BCUT2D eigenvalue weighted by Gasteiger charge is 1.97. The van der Waals surface area contributed by atoms with Crippen molar-refractivity contribution in [3.8, 4) is 0 Å². The van der Waals surface area contributed by atoms with Gasteiger partial charge in [-0.3, -0.25) is 4.68 Å². The third-order valence-electron chi connectivity index (χ3n) is 2.20. The smallest absolute Gasteiger partial charge is 0.224 e. The van der Waals surface area contributed by atoms with E-state index < -0.39 is 0 Å². The molecule has 90 valence electrons. The van der Waals surface area contributed by atoms with Crippen LogP contribution < -0.4 is 10.6 Å². The van der Waals surface area contributed by atoms with Gasteiger partial charge in [0.25, 0.3) is 0 Å². The number of anilines is 2. The highest BCUT2D eigenvalue weighted by molar-refractivity contribution is 5.39. The second kappa shape index (κ2) is 5.83. The van der Waals surface area contributed by atoms with Gasteiger partial charge < -0.3 is 10.6 Å². The molecule has 0 aliphatic rings.